The van der Waals surface area contributed by atoms with Crippen LogP contribution < -0.4 is 0 Å². The van der Waals surface area contributed by atoms with Crippen LogP contribution in [0.25, 0.3) is 0 Å². The fourth-order valence-electron chi connectivity index (χ4n) is 3.02. The zero-order valence-corrected chi connectivity index (χ0v) is 11.1. The summed E-state index contributed by atoms with van der Waals surface area (Å²) < 4.78 is 0. The summed E-state index contributed by atoms with van der Waals surface area (Å²) in [7, 11) is 0. The van der Waals surface area contributed by atoms with Gasteiger partial charge in [-0.05, 0) is 38.5 Å². The van der Waals surface area contributed by atoms with Gasteiger partial charge >= 0.3 is 12.0 Å². The molecule has 2 aliphatic heterocycles. The topological polar surface area (TPSA) is 60.9 Å². The molecule has 2 rings (SSSR count). The first-order chi connectivity index (χ1) is 8.52. The third-order valence-electron chi connectivity index (χ3n) is 4.40. The van der Waals surface area contributed by atoms with Crippen LogP contribution in [0.1, 0.15) is 39.5 Å². The van der Waals surface area contributed by atoms with Gasteiger partial charge in [0.1, 0.15) is 6.04 Å². The monoisotopic (exact) mass is 254 g/mol. The van der Waals surface area contributed by atoms with Crippen LogP contribution >= 0.6 is 0 Å². The zero-order chi connectivity index (χ0) is 13.3. The van der Waals surface area contributed by atoms with E-state index in [9.17, 15) is 9.59 Å². The number of piperidine rings is 1. The predicted octanol–water partition coefficient (Wildman–Crippen LogP) is 1.78. The van der Waals surface area contributed by atoms with E-state index >= 15 is 0 Å². The van der Waals surface area contributed by atoms with Gasteiger partial charge in [0.05, 0.1) is 0 Å². The highest BCUT2D eigenvalue weighted by Crippen LogP contribution is 2.26. The molecule has 5 heteroatoms. The van der Waals surface area contributed by atoms with Crippen molar-refractivity contribution in [2.45, 2.75) is 51.6 Å². The molecule has 2 heterocycles. The first kappa shape index (κ1) is 13.2. The number of carboxylic acid groups (broad SMARTS) is 1. The minimum Gasteiger partial charge on any atom is -0.480 e. The summed E-state index contributed by atoms with van der Waals surface area (Å²) in [6.45, 7) is 5.55. The number of hydrogen-bond acceptors (Lipinski definition) is 2. The number of rotatable bonds is 1. The Morgan fingerprint density at radius 2 is 1.67 bits per heavy atom. The molecule has 0 aliphatic carbocycles. The number of likely N-dealkylation sites (tertiary alicyclic amines) is 2. The van der Waals surface area contributed by atoms with Crippen molar-refractivity contribution in [3.05, 3.63) is 0 Å². The van der Waals surface area contributed by atoms with E-state index in [1.807, 2.05) is 4.90 Å². The van der Waals surface area contributed by atoms with Gasteiger partial charge in [-0.1, -0.05) is 6.92 Å². The molecule has 1 N–H and O–H groups in total. The van der Waals surface area contributed by atoms with Crippen LogP contribution in [0.2, 0.25) is 0 Å². The molecule has 2 aliphatic rings. The maximum absolute atomic E-state index is 12.5. The molecule has 0 aromatic rings. The minimum atomic E-state index is -0.876. The molecule has 102 valence electrons. The van der Waals surface area contributed by atoms with Crippen molar-refractivity contribution in [3.63, 3.8) is 0 Å². The van der Waals surface area contributed by atoms with E-state index in [0.29, 0.717) is 18.9 Å². The van der Waals surface area contributed by atoms with Crippen molar-refractivity contribution in [2.75, 3.05) is 13.1 Å². The predicted molar refractivity (Wildman–Crippen MR) is 67.3 cm³/mol. The van der Waals surface area contributed by atoms with E-state index in [1.165, 1.54) is 4.90 Å². The minimum absolute atomic E-state index is 0.0843. The van der Waals surface area contributed by atoms with Crippen LogP contribution in [0.3, 0.4) is 0 Å². The van der Waals surface area contributed by atoms with Crippen molar-refractivity contribution >= 4 is 12.0 Å². The van der Waals surface area contributed by atoms with E-state index in [2.05, 4.69) is 13.8 Å². The van der Waals surface area contributed by atoms with Gasteiger partial charge in [-0.25, -0.2) is 9.59 Å². The molecule has 2 saturated heterocycles. The van der Waals surface area contributed by atoms with Crippen LogP contribution in [-0.4, -0.2) is 52.1 Å². The number of carboxylic acids is 1. The standard InChI is InChI=1S/C13H22N2O3/c1-9-5-3-7-14(10(9)2)13(18)15-8-4-6-11(15)12(16)17/h9-11H,3-8H2,1-2H3,(H,16,17). The van der Waals surface area contributed by atoms with Gasteiger partial charge in [-0.2, -0.15) is 0 Å². The molecule has 0 radical (unpaired) electrons. The highest BCUT2D eigenvalue weighted by atomic mass is 16.4. The Morgan fingerprint density at radius 3 is 2.33 bits per heavy atom. The Kier molecular flexibility index (Phi) is 3.78. The van der Waals surface area contributed by atoms with Crippen molar-refractivity contribution in [2.24, 2.45) is 5.92 Å². The highest BCUT2D eigenvalue weighted by molar-refractivity contribution is 5.83. The molecule has 0 aromatic carbocycles. The summed E-state index contributed by atoms with van der Waals surface area (Å²) in [6.07, 6.45) is 3.54. The van der Waals surface area contributed by atoms with Crippen molar-refractivity contribution in [1.29, 1.82) is 0 Å². The smallest absolute Gasteiger partial charge is 0.326 e. The molecule has 0 bridgehead atoms. The molecule has 5 nitrogen and oxygen atoms in total. The average Bonchev–Trinajstić information content (AvgIpc) is 2.81. The maximum atomic E-state index is 12.5. The third-order valence-corrected chi connectivity index (χ3v) is 4.40. The van der Waals surface area contributed by atoms with Gasteiger partial charge in [0.15, 0.2) is 0 Å². The lowest BCUT2D eigenvalue weighted by Gasteiger charge is -2.40. The number of amides is 2. The summed E-state index contributed by atoms with van der Waals surface area (Å²) in [5, 5.41) is 9.14. The van der Waals surface area contributed by atoms with Crippen LogP contribution in [0, 0.1) is 5.92 Å². The molecular formula is C13H22N2O3. The molecule has 2 fully saturated rings. The number of hydrogen-bond donors (Lipinski definition) is 1. The van der Waals surface area contributed by atoms with Gasteiger partial charge in [-0.15, -0.1) is 0 Å². The van der Waals surface area contributed by atoms with Gasteiger partial charge in [0.25, 0.3) is 0 Å². The summed E-state index contributed by atoms with van der Waals surface area (Å²) in [6, 6.07) is -0.498. The van der Waals surface area contributed by atoms with Crippen molar-refractivity contribution in [1.82, 2.24) is 9.80 Å². The van der Waals surface area contributed by atoms with Gasteiger partial charge in [-0.3, -0.25) is 0 Å². The number of aliphatic carboxylic acids is 1. The zero-order valence-electron chi connectivity index (χ0n) is 11.1. The fraction of sp³-hybridized carbons (Fsp3) is 0.846. The number of carbonyl (C=O) groups is 2. The molecule has 18 heavy (non-hydrogen) atoms. The molecule has 0 saturated carbocycles. The second kappa shape index (κ2) is 5.16. The van der Waals surface area contributed by atoms with E-state index in [0.717, 1.165) is 25.8 Å². The molecule has 0 spiro atoms. The van der Waals surface area contributed by atoms with Crippen LogP contribution in [-0.2, 0) is 4.79 Å². The molecule has 2 amide bonds. The highest BCUT2D eigenvalue weighted by Gasteiger charge is 2.38. The lowest BCUT2D eigenvalue weighted by Crippen LogP contribution is -2.54. The van der Waals surface area contributed by atoms with Crippen molar-refractivity contribution in [3.8, 4) is 0 Å². The third kappa shape index (κ3) is 2.31. The lowest BCUT2D eigenvalue weighted by atomic mass is 9.92. The maximum Gasteiger partial charge on any atom is 0.326 e. The second-order valence-electron chi connectivity index (χ2n) is 5.53. The Morgan fingerprint density at radius 1 is 1.06 bits per heavy atom. The first-order valence-electron chi connectivity index (χ1n) is 6.82. The summed E-state index contributed by atoms with van der Waals surface area (Å²) in [5.41, 5.74) is 0. The largest absolute Gasteiger partial charge is 0.480 e. The van der Waals surface area contributed by atoms with E-state index in [-0.39, 0.29) is 12.1 Å². The van der Waals surface area contributed by atoms with Crippen LogP contribution in [0.15, 0.2) is 0 Å². The molecular weight excluding hydrogens is 232 g/mol. The van der Waals surface area contributed by atoms with Gasteiger partial charge in [0.2, 0.25) is 0 Å². The summed E-state index contributed by atoms with van der Waals surface area (Å²) in [5.74, 6) is -0.382. The number of urea groups is 1. The quantitative estimate of drug-likeness (QED) is 0.776. The molecule has 3 unspecified atom stereocenters. The van der Waals surface area contributed by atoms with E-state index < -0.39 is 12.0 Å². The van der Waals surface area contributed by atoms with E-state index in [4.69, 9.17) is 5.11 Å². The lowest BCUT2D eigenvalue weighted by molar-refractivity contribution is -0.141. The normalized spacial score (nSPS) is 32.7. The molecule has 3 atom stereocenters. The number of carbonyl (C=O) groups excluding carboxylic acids is 1. The van der Waals surface area contributed by atoms with E-state index in [1.54, 1.807) is 0 Å². The van der Waals surface area contributed by atoms with Crippen LogP contribution in [0.5, 0.6) is 0 Å². The van der Waals surface area contributed by atoms with Crippen molar-refractivity contribution < 1.29 is 14.7 Å². The Bertz CT molecular complexity index is 345. The average molecular weight is 254 g/mol. The number of nitrogens with zero attached hydrogens (tertiary/aromatic N) is 2. The summed E-state index contributed by atoms with van der Waals surface area (Å²) in [4.78, 5) is 27.0. The van der Waals surface area contributed by atoms with Gasteiger partial charge < -0.3 is 14.9 Å². The van der Waals surface area contributed by atoms with Crippen LogP contribution in [0.4, 0.5) is 4.79 Å². The first-order valence-corrected chi connectivity index (χ1v) is 6.82. The van der Waals surface area contributed by atoms with Gasteiger partial charge in [0, 0.05) is 19.1 Å². The SMILES string of the molecule is CC1CCCN(C(=O)N2CCCC2C(=O)O)C1C. The Balaban J connectivity index is 2.08. The Labute approximate surface area is 108 Å². The second-order valence-corrected chi connectivity index (χ2v) is 5.53. The molecule has 0 aromatic heterocycles. The Hall–Kier alpha value is -1.26. The fourth-order valence-corrected chi connectivity index (χ4v) is 3.02. The summed E-state index contributed by atoms with van der Waals surface area (Å²) >= 11 is 0.